The molecule has 1 N–H and O–H groups in total. The van der Waals surface area contributed by atoms with Crippen LogP contribution in [0.4, 0.5) is 11.4 Å². The normalized spacial score (nSPS) is 17.8. The van der Waals surface area contributed by atoms with Crippen LogP contribution in [-0.4, -0.2) is 13.0 Å². The number of nitrogens with one attached hydrogen (secondary N) is 1. The maximum absolute atomic E-state index is 10.5. The first kappa shape index (κ1) is 16.6. The van der Waals surface area contributed by atoms with Gasteiger partial charge in [0.2, 0.25) is 6.41 Å². The molecule has 1 heterocycles. The molecule has 0 aliphatic carbocycles. The van der Waals surface area contributed by atoms with E-state index in [0.29, 0.717) is 12.5 Å². The largest absolute Gasteiger partial charge is 0.364 e. The molecule has 3 rings (SSSR count). The van der Waals surface area contributed by atoms with Crippen molar-refractivity contribution in [3.05, 3.63) is 59.7 Å². The second-order valence-corrected chi connectivity index (χ2v) is 7.53. The van der Waals surface area contributed by atoms with Crippen LogP contribution in [-0.2, 0) is 10.2 Å². The molecule has 126 valence electrons. The van der Waals surface area contributed by atoms with Crippen molar-refractivity contribution in [2.24, 2.45) is 0 Å². The van der Waals surface area contributed by atoms with E-state index >= 15 is 0 Å². The lowest BCUT2D eigenvalue weighted by Crippen LogP contribution is -2.22. The number of amides is 1. The van der Waals surface area contributed by atoms with Crippen LogP contribution in [0.1, 0.15) is 50.8 Å². The van der Waals surface area contributed by atoms with Gasteiger partial charge in [-0.25, -0.2) is 0 Å². The van der Waals surface area contributed by atoms with E-state index in [-0.39, 0.29) is 5.41 Å². The number of carbonyl (C=O) groups excluding carboxylic acids is 1. The minimum atomic E-state index is 0.185. The van der Waals surface area contributed by atoms with E-state index in [2.05, 4.69) is 67.4 Å². The molecule has 1 fully saturated rings. The Hall–Kier alpha value is -2.29. The third kappa shape index (κ3) is 3.45. The van der Waals surface area contributed by atoms with Gasteiger partial charge in [0, 0.05) is 17.9 Å². The molecule has 1 saturated heterocycles. The van der Waals surface area contributed by atoms with E-state index < -0.39 is 0 Å². The van der Waals surface area contributed by atoms with Gasteiger partial charge in [-0.15, -0.1) is 0 Å². The molecule has 3 nitrogen and oxygen atoms in total. The quantitative estimate of drug-likeness (QED) is 0.813. The van der Waals surface area contributed by atoms with Gasteiger partial charge in [0.15, 0.2) is 0 Å². The monoisotopic (exact) mass is 322 g/mol. The summed E-state index contributed by atoms with van der Waals surface area (Å²) in [6.07, 6.45) is 3.09. The van der Waals surface area contributed by atoms with E-state index in [1.54, 1.807) is 0 Å². The summed E-state index contributed by atoms with van der Waals surface area (Å²) < 4.78 is 0. The molecule has 0 saturated carbocycles. The molecule has 1 aliphatic heterocycles. The number of rotatable bonds is 4. The highest BCUT2D eigenvalue weighted by atomic mass is 16.1. The standard InChI is InChI=1S/C21H26N2O/c1-21(2,3)17-8-12-19(13-9-17)23-14-4-5-20(23)16-6-10-18(11-7-16)22-15-24/h6-13,15,20H,4-5,14H2,1-3H3,(H,22,24)/t20-/m0/s1. The Labute approximate surface area is 144 Å². The average molecular weight is 322 g/mol. The van der Waals surface area contributed by atoms with E-state index in [9.17, 15) is 4.79 Å². The lowest BCUT2D eigenvalue weighted by Gasteiger charge is -2.28. The van der Waals surface area contributed by atoms with Crippen LogP contribution < -0.4 is 10.2 Å². The zero-order valence-electron chi connectivity index (χ0n) is 14.8. The van der Waals surface area contributed by atoms with Crippen molar-refractivity contribution in [1.82, 2.24) is 0 Å². The summed E-state index contributed by atoms with van der Waals surface area (Å²) >= 11 is 0. The fourth-order valence-corrected chi connectivity index (χ4v) is 3.44. The second-order valence-electron chi connectivity index (χ2n) is 7.53. The summed E-state index contributed by atoms with van der Waals surface area (Å²) in [6.45, 7) is 7.83. The smallest absolute Gasteiger partial charge is 0.211 e. The van der Waals surface area contributed by atoms with Crippen molar-refractivity contribution in [3.8, 4) is 0 Å². The predicted molar refractivity (Wildman–Crippen MR) is 101 cm³/mol. The fourth-order valence-electron chi connectivity index (χ4n) is 3.44. The van der Waals surface area contributed by atoms with Crippen molar-refractivity contribution in [2.75, 3.05) is 16.8 Å². The highest BCUT2D eigenvalue weighted by molar-refractivity contribution is 5.71. The molecule has 0 spiro atoms. The average Bonchev–Trinajstić information content (AvgIpc) is 3.05. The summed E-state index contributed by atoms with van der Waals surface area (Å²) in [4.78, 5) is 13.0. The van der Waals surface area contributed by atoms with Gasteiger partial charge in [-0.2, -0.15) is 0 Å². The van der Waals surface area contributed by atoms with Crippen molar-refractivity contribution in [3.63, 3.8) is 0 Å². The maximum Gasteiger partial charge on any atom is 0.211 e. The second kappa shape index (κ2) is 6.68. The Morgan fingerprint density at radius 1 is 1.04 bits per heavy atom. The van der Waals surface area contributed by atoms with Crippen molar-refractivity contribution < 1.29 is 4.79 Å². The Bertz CT molecular complexity index is 683. The number of hydrogen-bond donors (Lipinski definition) is 1. The molecule has 3 heteroatoms. The zero-order chi connectivity index (χ0) is 17.2. The summed E-state index contributed by atoms with van der Waals surface area (Å²) in [5.74, 6) is 0. The van der Waals surface area contributed by atoms with Gasteiger partial charge >= 0.3 is 0 Å². The van der Waals surface area contributed by atoms with Crippen LogP contribution in [0, 0.1) is 0 Å². The zero-order valence-corrected chi connectivity index (χ0v) is 14.8. The highest BCUT2D eigenvalue weighted by Crippen LogP contribution is 2.37. The third-order valence-corrected chi connectivity index (χ3v) is 4.84. The Balaban J connectivity index is 1.81. The first-order valence-electron chi connectivity index (χ1n) is 8.66. The van der Waals surface area contributed by atoms with E-state index in [4.69, 9.17) is 0 Å². The molecule has 0 radical (unpaired) electrons. The molecule has 2 aromatic rings. The Kier molecular flexibility index (Phi) is 4.61. The topological polar surface area (TPSA) is 32.3 Å². The van der Waals surface area contributed by atoms with Crippen molar-refractivity contribution in [2.45, 2.75) is 45.1 Å². The fraction of sp³-hybridized carbons (Fsp3) is 0.381. The highest BCUT2D eigenvalue weighted by Gasteiger charge is 2.26. The molecular formula is C21H26N2O. The van der Waals surface area contributed by atoms with Crippen LogP contribution in [0.2, 0.25) is 0 Å². The third-order valence-electron chi connectivity index (χ3n) is 4.84. The molecular weight excluding hydrogens is 296 g/mol. The lowest BCUT2D eigenvalue weighted by atomic mass is 9.87. The number of hydrogen-bond acceptors (Lipinski definition) is 2. The van der Waals surface area contributed by atoms with Crippen LogP contribution in [0.3, 0.4) is 0 Å². The first-order chi connectivity index (χ1) is 11.5. The summed E-state index contributed by atoms with van der Waals surface area (Å²) in [5.41, 5.74) is 4.99. The number of carbonyl (C=O) groups is 1. The molecule has 1 atom stereocenters. The number of anilines is 2. The van der Waals surface area contributed by atoms with Gasteiger partial charge in [-0.05, 0) is 53.6 Å². The van der Waals surface area contributed by atoms with Crippen LogP contribution in [0.15, 0.2) is 48.5 Å². The maximum atomic E-state index is 10.5. The molecule has 24 heavy (non-hydrogen) atoms. The number of benzene rings is 2. The minimum Gasteiger partial charge on any atom is -0.364 e. The number of nitrogens with zero attached hydrogens (tertiary/aromatic N) is 1. The summed E-state index contributed by atoms with van der Waals surface area (Å²) in [6, 6.07) is 17.6. The van der Waals surface area contributed by atoms with E-state index in [1.165, 1.54) is 29.7 Å². The van der Waals surface area contributed by atoms with Gasteiger partial charge in [0.1, 0.15) is 0 Å². The minimum absolute atomic E-state index is 0.185. The van der Waals surface area contributed by atoms with Crippen molar-refractivity contribution in [1.29, 1.82) is 0 Å². The van der Waals surface area contributed by atoms with Crippen molar-refractivity contribution >= 4 is 17.8 Å². The first-order valence-corrected chi connectivity index (χ1v) is 8.66. The van der Waals surface area contributed by atoms with Crippen LogP contribution >= 0.6 is 0 Å². The van der Waals surface area contributed by atoms with E-state index in [1.807, 2.05) is 12.1 Å². The lowest BCUT2D eigenvalue weighted by molar-refractivity contribution is -0.105. The molecule has 0 bridgehead atoms. The summed E-state index contributed by atoms with van der Waals surface area (Å²) in [7, 11) is 0. The SMILES string of the molecule is CC(C)(C)c1ccc(N2CCC[C@H]2c2ccc(NC=O)cc2)cc1. The molecule has 2 aromatic carbocycles. The van der Waals surface area contributed by atoms with Crippen LogP contribution in [0.5, 0.6) is 0 Å². The molecule has 0 aromatic heterocycles. The van der Waals surface area contributed by atoms with Gasteiger partial charge in [-0.3, -0.25) is 4.79 Å². The molecule has 1 amide bonds. The Morgan fingerprint density at radius 3 is 2.29 bits per heavy atom. The Morgan fingerprint density at radius 2 is 1.71 bits per heavy atom. The van der Waals surface area contributed by atoms with Gasteiger partial charge in [0.05, 0.1) is 6.04 Å². The van der Waals surface area contributed by atoms with Gasteiger partial charge in [-0.1, -0.05) is 45.0 Å². The van der Waals surface area contributed by atoms with Crippen LogP contribution in [0.25, 0.3) is 0 Å². The summed E-state index contributed by atoms with van der Waals surface area (Å²) in [5, 5.41) is 2.69. The predicted octanol–water partition coefficient (Wildman–Crippen LogP) is 4.89. The van der Waals surface area contributed by atoms with E-state index in [0.717, 1.165) is 12.2 Å². The van der Waals surface area contributed by atoms with Gasteiger partial charge < -0.3 is 10.2 Å². The van der Waals surface area contributed by atoms with Gasteiger partial charge in [0.25, 0.3) is 0 Å². The molecule has 1 aliphatic rings. The molecule has 0 unspecified atom stereocenters.